The van der Waals surface area contributed by atoms with Crippen molar-refractivity contribution in [2.75, 3.05) is 6.61 Å². The van der Waals surface area contributed by atoms with E-state index in [0.717, 1.165) is 24.2 Å². The lowest BCUT2D eigenvalue weighted by Crippen LogP contribution is -2.18. The molecule has 1 amide bonds. The van der Waals surface area contributed by atoms with Gasteiger partial charge in [-0.15, -0.1) is 0 Å². The van der Waals surface area contributed by atoms with E-state index in [1.54, 1.807) is 18.3 Å². The molecule has 0 bridgehead atoms. The Bertz CT molecular complexity index is 715. The zero-order chi connectivity index (χ0) is 17.4. The zero-order valence-electron chi connectivity index (χ0n) is 13.3. The number of amides is 1. The second kappa shape index (κ2) is 9.30. The summed E-state index contributed by atoms with van der Waals surface area (Å²) < 4.78 is 5.59. The van der Waals surface area contributed by atoms with E-state index in [0.29, 0.717) is 17.2 Å². The number of nitrogens with one attached hydrogen (secondary N) is 1. The van der Waals surface area contributed by atoms with Crippen LogP contribution in [-0.2, 0) is 0 Å². The average Bonchev–Trinajstić information content (AvgIpc) is 2.56. The van der Waals surface area contributed by atoms with Crippen molar-refractivity contribution < 1.29 is 9.53 Å². The number of unbranched alkanes of at least 4 members (excludes halogenated alkanes) is 1. The molecular weight excluding hydrogens is 347 g/mol. The Labute approximate surface area is 151 Å². The molecule has 1 N–H and O–H groups in total. The van der Waals surface area contributed by atoms with Crippen molar-refractivity contribution in [1.29, 1.82) is 0 Å². The summed E-state index contributed by atoms with van der Waals surface area (Å²) in [5.74, 6) is 0.421. The number of hydrazone groups is 1. The van der Waals surface area contributed by atoms with Gasteiger partial charge in [0.2, 0.25) is 0 Å². The third-order valence-corrected chi connectivity index (χ3v) is 3.75. The standard InChI is InChI=1S/C18H18Cl2N2O2/c1-2-3-10-24-15-7-4-13(5-8-15)12-21-22-18(23)16-9-6-14(19)11-17(16)20/h4-9,11-12H,2-3,10H2,1H3,(H,22,23)/b21-12+. The highest BCUT2D eigenvalue weighted by atomic mass is 35.5. The Morgan fingerprint density at radius 2 is 1.96 bits per heavy atom. The monoisotopic (exact) mass is 364 g/mol. The van der Waals surface area contributed by atoms with Crippen LogP contribution in [0.1, 0.15) is 35.7 Å². The van der Waals surface area contributed by atoms with Crippen LogP contribution in [0, 0.1) is 0 Å². The van der Waals surface area contributed by atoms with Gasteiger partial charge in [0.25, 0.3) is 5.91 Å². The summed E-state index contributed by atoms with van der Waals surface area (Å²) in [7, 11) is 0. The number of ether oxygens (including phenoxy) is 1. The van der Waals surface area contributed by atoms with Gasteiger partial charge in [-0.2, -0.15) is 5.10 Å². The van der Waals surface area contributed by atoms with E-state index in [2.05, 4.69) is 17.5 Å². The highest BCUT2D eigenvalue weighted by Gasteiger charge is 2.09. The number of benzene rings is 2. The molecule has 0 aromatic heterocycles. The van der Waals surface area contributed by atoms with Crippen LogP contribution >= 0.6 is 23.2 Å². The maximum atomic E-state index is 12.0. The van der Waals surface area contributed by atoms with E-state index in [1.165, 1.54) is 6.07 Å². The minimum Gasteiger partial charge on any atom is -0.494 e. The predicted octanol–water partition coefficient (Wildman–Crippen LogP) is 4.94. The van der Waals surface area contributed by atoms with Gasteiger partial charge >= 0.3 is 0 Å². The fourth-order valence-electron chi connectivity index (χ4n) is 1.88. The van der Waals surface area contributed by atoms with Gasteiger partial charge < -0.3 is 4.74 Å². The van der Waals surface area contributed by atoms with E-state index in [9.17, 15) is 4.79 Å². The second-order valence-corrected chi connectivity index (χ2v) is 5.94. The van der Waals surface area contributed by atoms with Crippen LogP contribution in [-0.4, -0.2) is 18.7 Å². The topological polar surface area (TPSA) is 50.7 Å². The van der Waals surface area contributed by atoms with Crippen molar-refractivity contribution in [3.63, 3.8) is 0 Å². The summed E-state index contributed by atoms with van der Waals surface area (Å²) in [5.41, 5.74) is 3.60. The molecule has 4 nitrogen and oxygen atoms in total. The molecule has 0 saturated heterocycles. The van der Waals surface area contributed by atoms with Gasteiger partial charge in [-0.3, -0.25) is 4.79 Å². The maximum absolute atomic E-state index is 12.0. The molecule has 2 aromatic carbocycles. The highest BCUT2D eigenvalue weighted by molar-refractivity contribution is 6.36. The number of rotatable bonds is 7. The Balaban J connectivity index is 1.90. The molecule has 2 rings (SSSR count). The summed E-state index contributed by atoms with van der Waals surface area (Å²) in [6, 6.07) is 12.1. The predicted molar refractivity (Wildman–Crippen MR) is 98.4 cm³/mol. The summed E-state index contributed by atoms with van der Waals surface area (Å²) in [4.78, 5) is 12.0. The van der Waals surface area contributed by atoms with Gasteiger partial charge in [-0.05, 0) is 54.4 Å². The third kappa shape index (κ3) is 5.55. The van der Waals surface area contributed by atoms with Gasteiger partial charge in [0.05, 0.1) is 23.4 Å². The Kier molecular flexibility index (Phi) is 7.09. The Morgan fingerprint density at radius 3 is 2.62 bits per heavy atom. The van der Waals surface area contributed by atoms with Crippen molar-refractivity contribution in [3.05, 3.63) is 63.6 Å². The number of nitrogens with zero attached hydrogens (tertiary/aromatic N) is 1. The molecule has 0 aliphatic heterocycles. The lowest BCUT2D eigenvalue weighted by Gasteiger charge is -2.05. The minimum atomic E-state index is -0.396. The Hall–Kier alpha value is -2.04. The highest BCUT2D eigenvalue weighted by Crippen LogP contribution is 2.20. The molecule has 0 unspecified atom stereocenters. The summed E-state index contributed by atoms with van der Waals surface area (Å²) >= 11 is 11.8. The first-order valence-corrected chi connectivity index (χ1v) is 8.37. The SMILES string of the molecule is CCCCOc1ccc(/C=N/NC(=O)c2ccc(Cl)cc2Cl)cc1. The molecular formula is C18H18Cl2N2O2. The van der Waals surface area contributed by atoms with Crippen LogP contribution in [0.2, 0.25) is 10.0 Å². The van der Waals surface area contributed by atoms with Crippen molar-refractivity contribution >= 4 is 35.3 Å². The average molecular weight is 365 g/mol. The number of carbonyl (C=O) groups excluding carboxylic acids is 1. The molecule has 0 fully saturated rings. The van der Waals surface area contributed by atoms with Crippen LogP contribution in [0.15, 0.2) is 47.6 Å². The number of hydrogen-bond donors (Lipinski definition) is 1. The molecule has 0 aliphatic carbocycles. The van der Waals surface area contributed by atoms with Crippen LogP contribution in [0.3, 0.4) is 0 Å². The van der Waals surface area contributed by atoms with Gasteiger partial charge in [-0.1, -0.05) is 36.5 Å². The maximum Gasteiger partial charge on any atom is 0.272 e. The molecule has 6 heteroatoms. The quantitative estimate of drug-likeness (QED) is 0.429. The van der Waals surface area contributed by atoms with E-state index < -0.39 is 5.91 Å². The van der Waals surface area contributed by atoms with Crippen molar-refractivity contribution in [3.8, 4) is 5.75 Å². The summed E-state index contributed by atoms with van der Waals surface area (Å²) in [6.45, 7) is 2.83. The summed E-state index contributed by atoms with van der Waals surface area (Å²) in [5, 5.41) is 4.68. The van der Waals surface area contributed by atoms with Crippen LogP contribution in [0.4, 0.5) is 0 Å². The molecule has 0 aliphatic rings. The molecule has 0 radical (unpaired) electrons. The van der Waals surface area contributed by atoms with Crippen LogP contribution < -0.4 is 10.2 Å². The zero-order valence-corrected chi connectivity index (χ0v) is 14.8. The molecule has 24 heavy (non-hydrogen) atoms. The lowest BCUT2D eigenvalue weighted by molar-refractivity contribution is 0.0955. The fraction of sp³-hybridized carbons (Fsp3) is 0.222. The first-order chi connectivity index (χ1) is 11.6. The van der Waals surface area contributed by atoms with Crippen LogP contribution in [0.25, 0.3) is 0 Å². The van der Waals surface area contributed by atoms with E-state index in [-0.39, 0.29) is 5.02 Å². The van der Waals surface area contributed by atoms with E-state index in [1.807, 2.05) is 24.3 Å². The molecule has 0 atom stereocenters. The summed E-state index contributed by atoms with van der Waals surface area (Å²) in [6.07, 6.45) is 3.68. The minimum absolute atomic E-state index is 0.281. The largest absolute Gasteiger partial charge is 0.494 e. The fourth-order valence-corrected chi connectivity index (χ4v) is 2.38. The van der Waals surface area contributed by atoms with Gasteiger partial charge in [0, 0.05) is 5.02 Å². The molecule has 2 aromatic rings. The molecule has 0 heterocycles. The third-order valence-electron chi connectivity index (χ3n) is 3.20. The van der Waals surface area contributed by atoms with Crippen molar-refractivity contribution in [2.24, 2.45) is 5.10 Å². The van der Waals surface area contributed by atoms with Gasteiger partial charge in [0.1, 0.15) is 5.75 Å². The van der Waals surface area contributed by atoms with Gasteiger partial charge in [0.15, 0.2) is 0 Å². The van der Waals surface area contributed by atoms with E-state index >= 15 is 0 Å². The number of carbonyl (C=O) groups is 1. The number of hydrogen-bond acceptors (Lipinski definition) is 3. The lowest BCUT2D eigenvalue weighted by atomic mass is 10.2. The molecule has 126 valence electrons. The number of halogens is 2. The second-order valence-electron chi connectivity index (χ2n) is 5.09. The first kappa shape index (κ1) is 18.3. The van der Waals surface area contributed by atoms with Gasteiger partial charge in [-0.25, -0.2) is 5.43 Å². The molecule has 0 spiro atoms. The van der Waals surface area contributed by atoms with Crippen molar-refractivity contribution in [2.45, 2.75) is 19.8 Å². The normalized spacial score (nSPS) is 10.8. The Morgan fingerprint density at radius 1 is 1.21 bits per heavy atom. The first-order valence-electron chi connectivity index (χ1n) is 7.61. The van der Waals surface area contributed by atoms with Crippen LogP contribution in [0.5, 0.6) is 5.75 Å². The smallest absolute Gasteiger partial charge is 0.272 e. The van der Waals surface area contributed by atoms with Crippen molar-refractivity contribution in [1.82, 2.24) is 5.43 Å². The molecule has 0 saturated carbocycles. The van der Waals surface area contributed by atoms with E-state index in [4.69, 9.17) is 27.9 Å².